The van der Waals surface area contributed by atoms with E-state index in [1.807, 2.05) is 0 Å². The van der Waals surface area contributed by atoms with Crippen LogP contribution < -0.4 is 51.4 Å². The van der Waals surface area contributed by atoms with E-state index in [1.165, 1.54) is 0 Å². The number of carboxylic acids is 1. The Balaban J connectivity index is -0.0000000480. The van der Waals surface area contributed by atoms with Crippen LogP contribution in [0, 0.1) is 11.8 Å². The molecule has 0 rings (SSSR count). The second kappa shape index (κ2) is 16.0. The Hall–Kier alpha value is 0.596. The van der Waals surface area contributed by atoms with Crippen LogP contribution in [0.2, 0.25) is 0 Å². The topological polar surface area (TPSA) is 61.1 Å². The molecule has 1 N–H and O–H groups in total. The van der Waals surface area contributed by atoms with Crippen molar-refractivity contribution in [2.45, 2.75) is 6.92 Å². The second-order valence-corrected chi connectivity index (χ2v) is 0.519. The van der Waals surface area contributed by atoms with Crippen LogP contribution in [0.25, 0.3) is 0 Å². The molecule has 7 heavy (non-hydrogen) atoms. The van der Waals surface area contributed by atoms with Crippen molar-refractivity contribution in [2.75, 3.05) is 0 Å². The monoisotopic (exact) mass is 125 g/mol. The standard InChI is InChI=1S/C2H4O2.CN.K/c1-2(3)4;1-2;/h1H3,(H,3,4);;/q;-1;+1. The van der Waals surface area contributed by atoms with Gasteiger partial charge in [-0.05, 0) is 0 Å². The fourth-order valence-electron chi connectivity index (χ4n) is 0. The summed E-state index contributed by atoms with van der Waals surface area (Å²) in [7, 11) is 0. The minimum absolute atomic E-state index is 0. The van der Waals surface area contributed by atoms with Gasteiger partial charge in [0.1, 0.15) is 0 Å². The summed E-state index contributed by atoms with van der Waals surface area (Å²) in [5.41, 5.74) is 0. The summed E-state index contributed by atoms with van der Waals surface area (Å²) in [6.45, 7) is 5.83. The van der Waals surface area contributed by atoms with Crippen molar-refractivity contribution >= 4 is 5.97 Å². The SMILES string of the molecule is CC(=O)O.[C-]#N.[K+]. The van der Waals surface area contributed by atoms with Crippen LogP contribution in [0.15, 0.2) is 0 Å². The van der Waals surface area contributed by atoms with Crippen LogP contribution in [-0.2, 0) is 4.79 Å². The Bertz CT molecular complexity index is 57.2. The number of hydrogen-bond donors (Lipinski definition) is 1. The Morgan fingerprint density at radius 1 is 1.71 bits per heavy atom. The molecular formula is C3H4KNO2. The Morgan fingerprint density at radius 3 is 1.71 bits per heavy atom. The van der Waals surface area contributed by atoms with Gasteiger partial charge in [0.2, 0.25) is 0 Å². The van der Waals surface area contributed by atoms with Crippen LogP contribution >= 0.6 is 0 Å². The molecule has 0 saturated heterocycles. The molecule has 0 aromatic carbocycles. The van der Waals surface area contributed by atoms with Gasteiger partial charge in [-0.25, -0.2) is 0 Å². The molecule has 0 aliphatic carbocycles. The fraction of sp³-hybridized carbons (Fsp3) is 0.333. The Morgan fingerprint density at radius 2 is 1.71 bits per heavy atom. The number of nitrogens with zero attached hydrogens (tertiary/aromatic N) is 1. The van der Waals surface area contributed by atoms with Gasteiger partial charge >= 0.3 is 51.4 Å². The molecular weight excluding hydrogens is 121 g/mol. The normalized spacial score (nSPS) is 3.86. The Labute approximate surface area is 84.7 Å². The number of hydrogen-bond acceptors (Lipinski definition) is 2. The van der Waals surface area contributed by atoms with Crippen molar-refractivity contribution in [1.29, 1.82) is 5.26 Å². The predicted molar refractivity (Wildman–Crippen MR) is 18.3 cm³/mol. The molecule has 0 amide bonds. The molecule has 0 spiro atoms. The van der Waals surface area contributed by atoms with Gasteiger partial charge in [0.05, 0.1) is 0 Å². The molecule has 0 aliphatic heterocycles. The van der Waals surface area contributed by atoms with E-state index in [0.717, 1.165) is 6.92 Å². The molecule has 0 aliphatic rings. The van der Waals surface area contributed by atoms with E-state index in [-0.39, 0.29) is 51.4 Å². The summed E-state index contributed by atoms with van der Waals surface area (Å²) in [5.74, 6) is -0.833. The number of aliphatic carboxylic acids is 1. The molecule has 0 fully saturated rings. The van der Waals surface area contributed by atoms with Gasteiger partial charge in [-0.3, -0.25) is 4.79 Å². The number of carboxylic acid groups (broad SMARTS) is 1. The van der Waals surface area contributed by atoms with Crippen molar-refractivity contribution in [3.63, 3.8) is 0 Å². The maximum atomic E-state index is 9.00. The maximum Gasteiger partial charge on any atom is 1.00 e. The number of rotatable bonds is 0. The summed E-state index contributed by atoms with van der Waals surface area (Å²) in [6.07, 6.45) is 0. The van der Waals surface area contributed by atoms with Crippen molar-refractivity contribution in [3.05, 3.63) is 6.57 Å². The van der Waals surface area contributed by atoms with Crippen molar-refractivity contribution in [3.8, 4) is 0 Å². The number of carbonyl (C=O) groups is 1. The third-order valence-corrected chi connectivity index (χ3v) is 0. The molecule has 3 nitrogen and oxygen atoms in total. The van der Waals surface area contributed by atoms with Gasteiger partial charge in [-0.2, -0.15) is 0 Å². The van der Waals surface area contributed by atoms with Crippen LogP contribution in [0.5, 0.6) is 0 Å². The van der Waals surface area contributed by atoms with Gasteiger partial charge in [-0.15, -0.1) is 0 Å². The molecule has 0 unspecified atom stereocenters. The van der Waals surface area contributed by atoms with Gasteiger partial charge in [0.25, 0.3) is 5.97 Å². The van der Waals surface area contributed by atoms with Crippen LogP contribution in [0.1, 0.15) is 6.92 Å². The van der Waals surface area contributed by atoms with Crippen molar-refractivity contribution < 1.29 is 61.3 Å². The zero-order valence-corrected chi connectivity index (χ0v) is 7.43. The molecule has 0 radical (unpaired) electrons. The molecule has 4 heteroatoms. The van der Waals surface area contributed by atoms with Crippen LogP contribution in [0.4, 0.5) is 0 Å². The first kappa shape index (κ1) is 15.6. The Kier molecular flexibility index (Phi) is 35.7. The largest absolute Gasteiger partial charge is 1.00 e. The first-order valence-electron chi connectivity index (χ1n) is 1.15. The minimum Gasteiger partial charge on any atom is -0.512 e. The molecule has 0 saturated carbocycles. The van der Waals surface area contributed by atoms with E-state index in [2.05, 4.69) is 0 Å². The first-order valence-corrected chi connectivity index (χ1v) is 1.15. The van der Waals surface area contributed by atoms with E-state index >= 15 is 0 Å². The van der Waals surface area contributed by atoms with E-state index in [1.54, 1.807) is 0 Å². The molecule has 0 aromatic heterocycles. The minimum atomic E-state index is -0.833. The predicted octanol–water partition coefficient (Wildman–Crippen LogP) is -2.81. The summed E-state index contributed by atoms with van der Waals surface area (Å²) in [6, 6.07) is 0. The summed E-state index contributed by atoms with van der Waals surface area (Å²) in [5, 5.41) is 13.7. The van der Waals surface area contributed by atoms with E-state index < -0.39 is 5.97 Å². The molecule has 34 valence electrons. The molecule has 0 bridgehead atoms. The molecule has 0 atom stereocenters. The average molecular weight is 125 g/mol. The molecule has 0 aromatic rings. The summed E-state index contributed by atoms with van der Waals surface area (Å²) in [4.78, 5) is 9.00. The zero-order valence-electron chi connectivity index (χ0n) is 4.30. The second-order valence-electron chi connectivity index (χ2n) is 0.519. The molecule has 0 heterocycles. The van der Waals surface area contributed by atoms with Crippen molar-refractivity contribution in [2.24, 2.45) is 0 Å². The van der Waals surface area contributed by atoms with Gasteiger partial charge in [0.15, 0.2) is 0 Å². The zero-order chi connectivity index (χ0) is 5.58. The van der Waals surface area contributed by atoms with E-state index in [4.69, 9.17) is 21.7 Å². The van der Waals surface area contributed by atoms with Crippen molar-refractivity contribution in [1.82, 2.24) is 0 Å². The third-order valence-electron chi connectivity index (χ3n) is 0. The smallest absolute Gasteiger partial charge is 0.512 e. The fourth-order valence-corrected chi connectivity index (χ4v) is 0. The first-order chi connectivity index (χ1) is 2.73. The van der Waals surface area contributed by atoms with Crippen LogP contribution in [-0.4, -0.2) is 11.1 Å². The van der Waals surface area contributed by atoms with Gasteiger partial charge < -0.3 is 16.9 Å². The average Bonchev–Trinajstić information content (AvgIpc) is 1.41. The quantitative estimate of drug-likeness (QED) is 0.281. The van der Waals surface area contributed by atoms with Gasteiger partial charge in [0, 0.05) is 6.92 Å². The van der Waals surface area contributed by atoms with E-state index in [9.17, 15) is 0 Å². The summed E-state index contributed by atoms with van der Waals surface area (Å²) < 4.78 is 0. The van der Waals surface area contributed by atoms with E-state index in [0.29, 0.717) is 0 Å². The van der Waals surface area contributed by atoms with Crippen LogP contribution in [0.3, 0.4) is 0 Å². The third kappa shape index (κ3) is 392. The van der Waals surface area contributed by atoms with Gasteiger partial charge in [-0.1, -0.05) is 0 Å². The summed E-state index contributed by atoms with van der Waals surface area (Å²) >= 11 is 0. The maximum absolute atomic E-state index is 9.00.